The van der Waals surface area contributed by atoms with Crippen molar-refractivity contribution in [2.75, 3.05) is 0 Å². The standard InChI is InChI=1S/C13H11N5S/c1-17-10(5-6-15-17)8-18-11-4-2-3-9(7-14)12(11)16-13(18)19/h2-6H,8H2,1H3,(H,16,19). The molecule has 1 N–H and O–H groups in total. The number of aromatic nitrogens is 4. The number of H-pyrrole nitrogens is 1. The van der Waals surface area contributed by atoms with Crippen molar-refractivity contribution in [3.05, 3.63) is 46.5 Å². The SMILES string of the molecule is Cn1nccc1Cn1c(=S)[nH]c2c(C#N)cccc21. The molecule has 5 nitrogen and oxygen atoms in total. The number of para-hydroxylation sites is 1. The van der Waals surface area contributed by atoms with Crippen LogP contribution in [0.5, 0.6) is 0 Å². The Kier molecular flexibility index (Phi) is 2.69. The second kappa shape index (κ2) is 4.37. The summed E-state index contributed by atoms with van der Waals surface area (Å²) >= 11 is 5.35. The van der Waals surface area contributed by atoms with Gasteiger partial charge < -0.3 is 9.55 Å². The lowest BCUT2D eigenvalue weighted by molar-refractivity contribution is 0.671. The number of rotatable bonds is 2. The van der Waals surface area contributed by atoms with Crippen molar-refractivity contribution in [1.82, 2.24) is 19.3 Å². The number of hydrogen-bond acceptors (Lipinski definition) is 3. The van der Waals surface area contributed by atoms with Gasteiger partial charge in [0.15, 0.2) is 4.77 Å². The van der Waals surface area contributed by atoms with Gasteiger partial charge in [-0.1, -0.05) is 6.07 Å². The number of nitrogens with zero attached hydrogens (tertiary/aromatic N) is 4. The van der Waals surface area contributed by atoms with Crippen LogP contribution >= 0.6 is 12.2 Å². The summed E-state index contributed by atoms with van der Waals surface area (Å²) in [6.45, 7) is 0.629. The smallest absolute Gasteiger partial charge is 0.178 e. The Bertz CT molecular complexity index is 846. The minimum Gasteiger partial charge on any atom is -0.329 e. The lowest BCUT2D eigenvalue weighted by Gasteiger charge is -2.05. The van der Waals surface area contributed by atoms with Crippen LogP contribution in [0.2, 0.25) is 0 Å². The van der Waals surface area contributed by atoms with Gasteiger partial charge in [-0.25, -0.2) is 0 Å². The minimum atomic E-state index is 0.604. The van der Waals surface area contributed by atoms with Crippen LogP contribution in [0.15, 0.2) is 30.5 Å². The van der Waals surface area contributed by atoms with Gasteiger partial charge in [0.25, 0.3) is 0 Å². The van der Waals surface area contributed by atoms with Crippen molar-refractivity contribution in [3.8, 4) is 6.07 Å². The topological polar surface area (TPSA) is 62.3 Å². The van der Waals surface area contributed by atoms with E-state index in [-0.39, 0.29) is 0 Å². The Labute approximate surface area is 114 Å². The average Bonchev–Trinajstić information content (AvgIpc) is 2.95. The number of nitrogens with one attached hydrogen (secondary N) is 1. The molecule has 6 heteroatoms. The van der Waals surface area contributed by atoms with Crippen LogP contribution in [0, 0.1) is 16.1 Å². The molecule has 2 heterocycles. The van der Waals surface area contributed by atoms with E-state index >= 15 is 0 Å². The van der Waals surface area contributed by atoms with Crippen molar-refractivity contribution < 1.29 is 0 Å². The van der Waals surface area contributed by atoms with Crippen molar-refractivity contribution in [2.45, 2.75) is 6.54 Å². The molecule has 0 fully saturated rings. The number of nitriles is 1. The molecular weight excluding hydrogens is 258 g/mol. The first-order valence-corrected chi connectivity index (χ1v) is 6.20. The number of benzene rings is 1. The first-order valence-electron chi connectivity index (χ1n) is 5.79. The second-order valence-electron chi connectivity index (χ2n) is 4.27. The lowest BCUT2D eigenvalue weighted by Crippen LogP contribution is -2.05. The third kappa shape index (κ3) is 1.84. The molecule has 0 saturated carbocycles. The molecule has 2 aromatic heterocycles. The normalized spacial score (nSPS) is 10.7. The Morgan fingerprint density at radius 3 is 2.95 bits per heavy atom. The summed E-state index contributed by atoms with van der Waals surface area (Å²) < 4.78 is 4.40. The molecule has 1 aromatic carbocycles. The zero-order valence-corrected chi connectivity index (χ0v) is 11.1. The molecule has 0 saturated heterocycles. The van der Waals surface area contributed by atoms with Crippen molar-refractivity contribution in [2.24, 2.45) is 7.05 Å². The van der Waals surface area contributed by atoms with E-state index in [9.17, 15) is 0 Å². The summed E-state index contributed by atoms with van der Waals surface area (Å²) in [5, 5.41) is 13.3. The van der Waals surface area contributed by atoms with Crippen molar-refractivity contribution in [3.63, 3.8) is 0 Å². The van der Waals surface area contributed by atoms with E-state index in [0.29, 0.717) is 16.9 Å². The number of imidazole rings is 1. The van der Waals surface area contributed by atoms with Gasteiger partial charge in [0.2, 0.25) is 0 Å². The molecular formula is C13H11N5S. The largest absolute Gasteiger partial charge is 0.329 e. The molecule has 19 heavy (non-hydrogen) atoms. The van der Waals surface area contributed by atoms with E-state index in [4.69, 9.17) is 17.5 Å². The number of hydrogen-bond donors (Lipinski definition) is 1. The quantitative estimate of drug-likeness (QED) is 0.726. The molecule has 0 aliphatic rings. The van der Waals surface area contributed by atoms with E-state index in [2.05, 4.69) is 16.2 Å². The summed E-state index contributed by atoms with van der Waals surface area (Å²) in [6, 6.07) is 9.73. The summed E-state index contributed by atoms with van der Waals surface area (Å²) in [7, 11) is 1.90. The summed E-state index contributed by atoms with van der Waals surface area (Å²) in [5.74, 6) is 0. The molecule has 0 atom stereocenters. The van der Waals surface area contributed by atoms with Gasteiger partial charge in [0, 0.05) is 13.2 Å². The Balaban J connectivity index is 2.20. The Morgan fingerprint density at radius 1 is 1.42 bits per heavy atom. The highest BCUT2D eigenvalue weighted by Gasteiger charge is 2.09. The zero-order valence-electron chi connectivity index (χ0n) is 10.3. The van der Waals surface area contributed by atoms with E-state index < -0.39 is 0 Å². The Morgan fingerprint density at radius 2 is 2.26 bits per heavy atom. The maximum Gasteiger partial charge on any atom is 0.178 e. The molecule has 0 aliphatic heterocycles. The van der Waals surface area contributed by atoms with Crippen LogP contribution < -0.4 is 0 Å². The highest BCUT2D eigenvalue weighted by Crippen LogP contribution is 2.19. The molecule has 0 spiro atoms. The summed E-state index contributed by atoms with van der Waals surface area (Å²) in [4.78, 5) is 3.10. The number of aryl methyl sites for hydroxylation is 1. The zero-order chi connectivity index (χ0) is 13.4. The molecule has 3 aromatic rings. The third-order valence-corrected chi connectivity index (χ3v) is 3.50. The van der Waals surface area contributed by atoms with Crippen LogP contribution in [0.4, 0.5) is 0 Å². The number of fused-ring (bicyclic) bond motifs is 1. The van der Waals surface area contributed by atoms with Gasteiger partial charge in [0.05, 0.1) is 28.8 Å². The molecule has 0 amide bonds. The van der Waals surface area contributed by atoms with Crippen LogP contribution in [0.3, 0.4) is 0 Å². The van der Waals surface area contributed by atoms with Crippen LogP contribution in [0.1, 0.15) is 11.3 Å². The van der Waals surface area contributed by atoms with E-state index in [1.165, 1.54) is 0 Å². The van der Waals surface area contributed by atoms with Crippen molar-refractivity contribution in [1.29, 1.82) is 5.26 Å². The maximum atomic E-state index is 9.11. The molecule has 0 aliphatic carbocycles. The fourth-order valence-corrected chi connectivity index (χ4v) is 2.41. The maximum absolute atomic E-state index is 9.11. The minimum absolute atomic E-state index is 0.604. The molecule has 3 rings (SSSR count). The monoisotopic (exact) mass is 269 g/mol. The van der Waals surface area contributed by atoms with Gasteiger partial charge in [0.1, 0.15) is 6.07 Å². The van der Waals surface area contributed by atoms with Gasteiger partial charge in [-0.15, -0.1) is 0 Å². The predicted molar refractivity (Wildman–Crippen MR) is 74.1 cm³/mol. The number of aromatic amines is 1. The average molecular weight is 269 g/mol. The molecule has 0 radical (unpaired) electrons. The van der Waals surface area contributed by atoms with Gasteiger partial charge in [-0.2, -0.15) is 10.4 Å². The van der Waals surface area contributed by atoms with Crippen LogP contribution in [-0.4, -0.2) is 19.3 Å². The van der Waals surface area contributed by atoms with Gasteiger partial charge in [-0.3, -0.25) is 4.68 Å². The highest BCUT2D eigenvalue weighted by molar-refractivity contribution is 7.71. The first-order chi connectivity index (χ1) is 9.20. The fraction of sp³-hybridized carbons (Fsp3) is 0.154. The molecule has 0 bridgehead atoms. The highest BCUT2D eigenvalue weighted by atomic mass is 32.1. The van der Waals surface area contributed by atoms with Crippen molar-refractivity contribution >= 4 is 23.3 Å². The van der Waals surface area contributed by atoms with Crippen LogP contribution in [0.25, 0.3) is 11.0 Å². The third-order valence-electron chi connectivity index (χ3n) is 3.17. The van der Waals surface area contributed by atoms with E-state index in [1.807, 2.05) is 34.5 Å². The van der Waals surface area contributed by atoms with Crippen LogP contribution in [-0.2, 0) is 13.6 Å². The second-order valence-corrected chi connectivity index (χ2v) is 4.66. The lowest BCUT2D eigenvalue weighted by atomic mass is 10.2. The fourth-order valence-electron chi connectivity index (χ4n) is 2.15. The molecule has 0 unspecified atom stereocenters. The first kappa shape index (κ1) is 11.7. The van der Waals surface area contributed by atoms with E-state index in [1.54, 1.807) is 12.3 Å². The summed E-state index contributed by atoms with van der Waals surface area (Å²) in [6.07, 6.45) is 1.76. The molecule has 94 valence electrons. The summed E-state index contributed by atoms with van der Waals surface area (Å²) in [5.41, 5.74) is 3.38. The van der Waals surface area contributed by atoms with Gasteiger partial charge in [-0.05, 0) is 30.4 Å². The van der Waals surface area contributed by atoms with Gasteiger partial charge >= 0.3 is 0 Å². The van der Waals surface area contributed by atoms with E-state index in [0.717, 1.165) is 16.7 Å². The predicted octanol–water partition coefficient (Wildman–Crippen LogP) is 2.35. The Hall–Kier alpha value is -2.39.